The number of halogens is 3. The molecule has 0 saturated carbocycles. The summed E-state index contributed by atoms with van der Waals surface area (Å²) < 4.78 is 62.0. The fraction of sp³-hybridized carbons (Fsp3) is 0.538. The Morgan fingerprint density at radius 2 is 1.95 bits per heavy atom. The standard InChI is InChI=1S/C13H19F3N2O2S/c1-2-8-18(12-6-3-5-11(17)10-12)21(19,20)9-4-7-13(14,15)16/h3,5-6,10H,2,4,7-9,17H2,1H3. The summed E-state index contributed by atoms with van der Waals surface area (Å²) in [6.07, 6.45) is -5.35. The molecule has 1 rings (SSSR count). The number of nitrogen functional groups attached to an aromatic ring is 1. The number of benzene rings is 1. The Balaban J connectivity index is 2.88. The van der Waals surface area contributed by atoms with Gasteiger partial charge in [-0.25, -0.2) is 8.42 Å². The first kappa shape index (κ1) is 17.6. The lowest BCUT2D eigenvalue weighted by Crippen LogP contribution is -2.34. The van der Waals surface area contributed by atoms with Crippen molar-refractivity contribution in [2.24, 2.45) is 0 Å². The SMILES string of the molecule is CCCN(c1cccc(N)c1)S(=O)(=O)CCCC(F)(F)F. The predicted octanol–water partition coefficient (Wildman–Crippen LogP) is 3.16. The minimum absolute atomic E-state index is 0.206. The van der Waals surface area contributed by atoms with Gasteiger partial charge in [0.05, 0.1) is 11.4 Å². The molecule has 1 aromatic rings. The molecular weight excluding hydrogens is 305 g/mol. The van der Waals surface area contributed by atoms with E-state index in [1.807, 2.05) is 0 Å². The fourth-order valence-corrected chi connectivity index (χ4v) is 3.50. The van der Waals surface area contributed by atoms with Crippen molar-refractivity contribution in [3.05, 3.63) is 24.3 Å². The summed E-state index contributed by atoms with van der Waals surface area (Å²) >= 11 is 0. The quantitative estimate of drug-likeness (QED) is 0.784. The molecule has 0 radical (unpaired) electrons. The number of anilines is 2. The van der Waals surface area contributed by atoms with Gasteiger partial charge in [-0.3, -0.25) is 4.31 Å². The van der Waals surface area contributed by atoms with Gasteiger partial charge >= 0.3 is 6.18 Å². The molecule has 120 valence electrons. The topological polar surface area (TPSA) is 63.4 Å². The van der Waals surface area contributed by atoms with E-state index in [1.54, 1.807) is 25.1 Å². The van der Waals surface area contributed by atoms with Gasteiger partial charge < -0.3 is 5.73 Å². The smallest absolute Gasteiger partial charge is 0.389 e. The molecule has 0 aliphatic heterocycles. The van der Waals surface area contributed by atoms with Crippen LogP contribution in [0.1, 0.15) is 26.2 Å². The molecule has 0 aromatic heterocycles. The normalized spacial score (nSPS) is 12.4. The van der Waals surface area contributed by atoms with E-state index in [-0.39, 0.29) is 6.54 Å². The molecule has 0 aliphatic carbocycles. The van der Waals surface area contributed by atoms with E-state index in [4.69, 9.17) is 5.73 Å². The Morgan fingerprint density at radius 3 is 2.48 bits per heavy atom. The van der Waals surface area contributed by atoms with Crippen molar-refractivity contribution < 1.29 is 21.6 Å². The Morgan fingerprint density at radius 1 is 1.29 bits per heavy atom. The molecule has 0 unspecified atom stereocenters. The number of rotatable bonds is 7. The summed E-state index contributed by atoms with van der Waals surface area (Å²) in [5.74, 6) is -0.540. The molecule has 0 bridgehead atoms. The van der Waals surface area contributed by atoms with Crippen molar-refractivity contribution in [1.82, 2.24) is 0 Å². The third-order valence-electron chi connectivity index (χ3n) is 2.78. The molecule has 0 heterocycles. The molecule has 0 aliphatic rings. The highest BCUT2D eigenvalue weighted by molar-refractivity contribution is 7.92. The highest BCUT2D eigenvalue weighted by Crippen LogP contribution is 2.25. The molecule has 0 spiro atoms. The summed E-state index contributed by atoms with van der Waals surface area (Å²) in [7, 11) is -3.80. The van der Waals surface area contributed by atoms with Crippen LogP contribution >= 0.6 is 0 Å². The first-order valence-corrected chi connectivity index (χ1v) is 8.19. The van der Waals surface area contributed by atoms with Crippen molar-refractivity contribution in [3.8, 4) is 0 Å². The summed E-state index contributed by atoms with van der Waals surface area (Å²) in [6.45, 7) is 2.00. The van der Waals surface area contributed by atoms with Crippen LogP contribution in [0, 0.1) is 0 Å². The van der Waals surface area contributed by atoms with Crippen LogP contribution in [0.3, 0.4) is 0 Å². The second kappa shape index (κ2) is 7.02. The zero-order valence-electron chi connectivity index (χ0n) is 11.7. The maximum Gasteiger partial charge on any atom is 0.389 e. The van der Waals surface area contributed by atoms with Crippen molar-refractivity contribution in [1.29, 1.82) is 0 Å². The van der Waals surface area contributed by atoms with Crippen LogP contribution in [-0.4, -0.2) is 26.9 Å². The second-order valence-corrected chi connectivity index (χ2v) is 6.71. The van der Waals surface area contributed by atoms with Crippen LogP contribution in [0.25, 0.3) is 0 Å². The maximum atomic E-state index is 12.2. The van der Waals surface area contributed by atoms with E-state index in [1.165, 1.54) is 6.07 Å². The number of hydrogen-bond acceptors (Lipinski definition) is 3. The van der Waals surface area contributed by atoms with Crippen LogP contribution in [0.5, 0.6) is 0 Å². The van der Waals surface area contributed by atoms with E-state index in [2.05, 4.69) is 0 Å². The van der Waals surface area contributed by atoms with Crippen molar-refractivity contribution in [3.63, 3.8) is 0 Å². The highest BCUT2D eigenvalue weighted by atomic mass is 32.2. The molecule has 0 fully saturated rings. The molecule has 0 saturated heterocycles. The molecule has 2 N–H and O–H groups in total. The average Bonchev–Trinajstić information content (AvgIpc) is 2.33. The Hall–Kier alpha value is -1.44. The van der Waals surface area contributed by atoms with Gasteiger partial charge in [0, 0.05) is 18.7 Å². The van der Waals surface area contributed by atoms with Crippen molar-refractivity contribution in [2.75, 3.05) is 22.3 Å². The van der Waals surface area contributed by atoms with Crippen LogP contribution in [-0.2, 0) is 10.0 Å². The van der Waals surface area contributed by atoms with Crippen molar-refractivity contribution in [2.45, 2.75) is 32.4 Å². The van der Waals surface area contributed by atoms with Crippen LogP contribution in [0.2, 0.25) is 0 Å². The van der Waals surface area contributed by atoms with Gasteiger partial charge in [0.1, 0.15) is 0 Å². The zero-order valence-corrected chi connectivity index (χ0v) is 12.5. The molecular formula is C13H19F3N2O2S. The van der Waals surface area contributed by atoms with Gasteiger partial charge in [0.25, 0.3) is 0 Å². The zero-order chi connectivity index (χ0) is 16.1. The summed E-state index contributed by atoms with van der Waals surface area (Å²) in [6, 6.07) is 6.30. The monoisotopic (exact) mass is 324 g/mol. The van der Waals surface area contributed by atoms with Crippen molar-refractivity contribution >= 4 is 21.4 Å². The molecule has 0 atom stereocenters. The molecule has 8 heteroatoms. The van der Waals surface area contributed by atoms with Gasteiger partial charge in [-0.15, -0.1) is 0 Å². The molecule has 21 heavy (non-hydrogen) atoms. The lowest BCUT2D eigenvalue weighted by atomic mass is 10.3. The number of nitrogens with two attached hydrogens (primary N) is 1. The van der Waals surface area contributed by atoms with Gasteiger partial charge in [-0.2, -0.15) is 13.2 Å². The fourth-order valence-electron chi connectivity index (χ4n) is 1.88. The van der Waals surface area contributed by atoms with Gasteiger partial charge in [-0.05, 0) is 31.0 Å². The van der Waals surface area contributed by atoms with E-state index >= 15 is 0 Å². The van der Waals surface area contributed by atoms with Crippen LogP contribution in [0.4, 0.5) is 24.5 Å². The minimum atomic E-state index is -4.34. The minimum Gasteiger partial charge on any atom is -0.399 e. The van der Waals surface area contributed by atoms with Crippen LogP contribution < -0.4 is 10.0 Å². The van der Waals surface area contributed by atoms with Crippen LogP contribution in [0.15, 0.2) is 24.3 Å². The summed E-state index contributed by atoms with van der Waals surface area (Å²) in [4.78, 5) is 0. The number of alkyl halides is 3. The first-order chi connectivity index (χ1) is 9.65. The first-order valence-electron chi connectivity index (χ1n) is 6.58. The van der Waals surface area contributed by atoms with E-state index in [0.29, 0.717) is 17.8 Å². The molecule has 0 amide bonds. The van der Waals surface area contributed by atoms with E-state index in [0.717, 1.165) is 4.31 Å². The molecule has 1 aromatic carbocycles. The predicted molar refractivity (Wildman–Crippen MR) is 77.6 cm³/mol. The van der Waals surface area contributed by atoms with Gasteiger partial charge in [0.2, 0.25) is 10.0 Å². The summed E-state index contributed by atoms with van der Waals surface area (Å²) in [5.41, 5.74) is 6.40. The summed E-state index contributed by atoms with van der Waals surface area (Å²) in [5, 5.41) is 0. The van der Waals surface area contributed by atoms with E-state index in [9.17, 15) is 21.6 Å². The second-order valence-electron chi connectivity index (χ2n) is 4.70. The Bertz CT molecular complexity index is 559. The lowest BCUT2D eigenvalue weighted by Gasteiger charge is -2.24. The maximum absolute atomic E-state index is 12.2. The average molecular weight is 324 g/mol. The molecule has 4 nitrogen and oxygen atoms in total. The van der Waals surface area contributed by atoms with E-state index < -0.39 is 34.8 Å². The highest BCUT2D eigenvalue weighted by Gasteiger charge is 2.29. The largest absolute Gasteiger partial charge is 0.399 e. The Kier molecular flexibility index (Phi) is 5.88. The third kappa shape index (κ3) is 5.82. The lowest BCUT2D eigenvalue weighted by molar-refractivity contribution is -0.134. The van der Waals surface area contributed by atoms with Gasteiger partial charge in [0.15, 0.2) is 0 Å². The number of hydrogen-bond donors (Lipinski definition) is 1. The number of nitrogens with zero attached hydrogens (tertiary/aromatic N) is 1. The van der Waals surface area contributed by atoms with Gasteiger partial charge in [-0.1, -0.05) is 13.0 Å². The Labute approximate surface area is 122 Å². The third-order valence-corrected chi connectivity index (χ3v) is 4.65. The number of sulfonamides is 1.